The quantitative estimate of drug-likeness (QED) is 0.774. The number of hydrogen-bond donors (Lipinski definition) is 2. The van der Waals surface area contributed by atoms with E-state index < -0.39 is 8.07 Å². The van der Waals surface area contributed by atoms with Gasteiger partial charge in [0.15, 0.2) is 0 Å². The average Bonchev–Trinajstić information content (AvgIpc) is 2.63. The molecule has 1 heterocycles. The lowest BCUT2D eigenvalue weighted by molar-refractivity contribution is 1.42. The lowest BCUT2D eigenvalue weighted by Crippen LogP contribution is -2.49. The SMILES string of the molecule is CNc1ccc2c(c1)[Si](C)(C)C1=CC(=N)C=CC1=C2c1ccccc1. The Morgan fingerprint density at radius 2 is 1.72 bits per heavy atom. The Balaban J connectivity index is 2.09. The fourth-order valence-corrected chi connectivity index (χ4v) is 7.01. The van der Waals surface area contributed by atoms with E-state index in [0.717, 1.165) is 5.69 Å². The molecule has 0 amide bonds. The number of allylic oxidation sites excluding steroid dienone is 5. The Kier molecular flexibility index (Phi) is 3.62. The first-order valence-corrected chi connectivity index (χ1v) is 11.6. The van der Waals surface area contributed by atoms with Gasteiger partial charge >= 0.3 is 0 Å². The third-order valence-electron chi connectivity index (χ3n) is 5.28. The van der Waals surface area contributed by atoms with Crippen LogP contribution in [0.2, 0.25) is 13.1 Å². The van der Waals surface area contributed by atoms with Crippen LogP contribution in [-0.2, 0) is 0 Å². The molecule has 1 aliphatic carbocycles. The van der Waals surface area contributed by atoms with E-state index in [9.17, 15) is 0 Å². The highest BCUT2D eigenvalue weighted by molar-refractivity contribution is 6.98. The summed E-state index contributed by atoms with van der Waals surface area (Å²) in [5.41, 5.74) is 6.91. The standard InChI is InChI=1S/C22H22N2Si/c1-24-17-10-12-19-21(14-17)25(2,3)20-13-16(23)9-11-18(20)22(19)15-7-5-4-6-8-15/h4-14,23-24H,1-3H3. The molecule has 0 radical (unpaired) electrons. The molecule has 0 bridgehead atoms. The number of hydrogen-bond acceptors (Lipinski definition) is 2. The molecule has 2 aliphatic rings. The molecule has 0 unspecified atom stereocenters. The lowest BCUT2D eigenvalue weighted by Gasteiger charge is -2.38. The van der Waals surface area contributed by atoms with Crippen LogP contribution >= 0.6 is 0 Å². The van der Waals surface area contributed by atoms with Crippen LogP contribution < -0.4 is 10.5 Å². The fourth-order valence-electron chi connectivity index (χ4n) is 3.92. The number of fused-ring (bicyclic) bond motifs is 2. The maximum absolute atomic E-state index is 8.15. The van der Waals surface area contributed by atoms with Gasteiger partial charge in [-0.1, -0.05) is 55.6 Å². The van der Waals surface area contributed by atoms with Crippen molar-refractivity contribution in [2.45, 2.75) is 13.1 Å². The first-order chi connectivity index (χ1) is 12.0. The van der Waals surface area contributed by atoms with Crippen LogP contribution in [0.25, 0.3) is 5.57 Å². The topological polar surface area (TPSA) is 35.9 Å². The zero-order valence-electron chi connectivity index (χ0n) is 14.9. The first kappa shape index (κ1) is 15.9. The van der Waals surface area contributed by atoms with Gasteiger partial charge in [0.1, 0.15) is 8.07 Å². The van der Waals surface area contributed by atoms with Gasteiger partial charge in [0.05, 0.1) is 5.71 Å². The number of anilines is 1. The van der Waals surface area contributed by atoms with E-state index in [0.29, 0.717) is 5.71 Å². The van der Waals surface area contributed by atoms with E-state index in [-0.39, 0.29) is 0 Å². The smallest absolute Gasteiger partial charge is 0.114 e. The molecule has 0 aromatic heterocycles. The van der Waals surface area contributed by atoms with Crippen molar-refractivity contribution in [1.29, 1.82) is 5.41 Å². The molecule has 124 valence electrons. The van der Waals surface area contributed by atoms with E-state index in [1.54, 1.807) is 0 Å². The molecule has 0 spiro atoms. The predicted octanol–water partition coefficient (Wildman–Crippen LogP) is 4.51. The maximum Gasteiger partial charge on any atom is 0.114 e. The minimum Gasteiger partial charge on any atom is -0.388 e. The van der Waals surface area contributed by atoms with E-state index in [4.69, 9.17) is 5.41 Å². The molecule has 0 saturated heterocycles. The average molecular weight is 343 g/mol. The summed E-state index contributed by atoms with van der Waals surface area (Å²) in [5, 5.41) is 14.2. The molecule has 0 fully saturated rings. The first-order valence-electron chi connectivity index (χ1n) is 8.64. The third kappa shape index (κ3) is 2.43. The van der Waals surface area contributed by atoms with Crippen LogP contribution in [0, 0.1) is 5.41 Å². The van der Waals surface area contributed by atoms with E-state index in [2.05, 4.69) is 79.1 Å². The summed E-state index contributed by atoms with van der Waals surface area (Å²) < 4.78 is 0. The van der Waals surface area contributed by atoms with Gasteiger partial charge in [0.2, 0.25) is 0 Å². The predicted molar refractivity (Wildman–Crippen MR) is 111 cm³/mol. The molecule has 0 saturated carbocycles. The zero-order chi connectivity index (χ0) is 17.6. The molecule has 3 heteroatoms. The van der Waals surface area contributed by atoms with Crippen molar-refractivity contribution >= 4 is 30.2 Å². The molecule has 4 rings (SSSR count). The normalized spacial score (nSPS) is 17.7. The zero-order valence-corrected chi connectivity index (χ0v) is 15.9. The molecule has 2 aromatic carbocycles. The number of benzene rings is 2. The number of nitrogens with one attached hydrogen (secondary N) is 2. The monoisotopic (exact) mass is 342 g/mol. The molecule has 2 nitrogen and oxygen atoms in total. The van der Waals surface area contributed by atoms with E-state index in [1.807, 2.05) is 13.1 Å². The summed E-state index contributed by atoms with van der Waals surface area (Å²) in [6.45, 7) is 4.79. The third-order valence-corrected chi connectivity index (χ3v) is 8.80. The highest BCUT2D eigenvalue weighted by Crippen LogP contribution is 2.41. The fraction of sp³-hybridized carbons (Fsp3) is 0.136. The van der Waals surface area contributed by atoms with E-state index >= 15 is 0 Å². The second-order valence-corrected chi connectivity index (χ2v) is 11.5. The van der Waals surface area contributed by atoms with Crippen LogP contribution in [0.1, 0.15) is 11.1 Å². The Labute approximate surface area is 150 Å². The summed E-state index contributed by atoms with van der Waals surface area (Å²) in [4.78, 5) is 0. The van der Waals surface area contributed by atoms with Crippen LogP contribution in [0.4, 0.5) is 5.69 Å². The van der Waals surface area contributed by atoms with Gasteiger partial charge < -0.3 is 10.7 Å². The summed E-state index contributed by atoms with van der Waals surface area (Å²) >= 11 is 0. The molecule has 2 aromatic rings. The van der Waals surface area contributed by atoms with Gasteiger partial charge in [-0.15, -0.1) is 0 Å². The maximum atomic E-state index is 8.15. The highest BCUT2D eigenvalue weighted by Gasteiger charge is 2.39. The molecular weight excluding hydrogens is 320 g/mol. The molecule has 0 atom stereocenters. The summed E-state index contributed by atoms with van der Waals surface area (Å²) in [6, 6.07) is 17.4. The van der Waals surface area contributed by atoms with Crippen molar-refractivity contribution in [3.63, 3.8) is 0 Å². The van der Waals surface area contributed by atoms with Crippen molar-refractivity contribution in [2.75, 3.05) is 12.4 Å². The van der Waals surface area contributed by atoms with Crippen molar-refractivity contribution in [2.24, 2.45) is 0 Å². The van der Waals surface area contributed by atoms with Crippen molar-refractivity contribution in [1.82, 2.24) is 0 Å². The molecule has 2 N–H and O–H groups in total. The second-order valence-electron chi connectivity index (χ2n) is 7.14. The van der Waals surface area contributed by atoms with Gasteiger partial charge in [-0.25, -0.2) is 0 Å². The Morgan fingerprint density at radius 3 is 2.44 bits per heavy atom. The summed E-state index contributed by atoms with van der Waals surface area (Å²) in [7, 11) is 0.103. The largest absolute Gasteiger partial charge is 0.388 e. The minimum absolute atomic E-state index is 0.597. The highest BCUT2D eigenvalue weighted by atomic mass is 28.3. The minimum atomic E-state index is -1.87. The van der Waals surface area contributed by atoms with Gasteiger partial charge in [0.25, 0.3) is 0 Å². The Hall–Kier alpha value is -2.65. The lowest BCUT2D eigenvalue weighted by atomic mass is 9.90. The van der Waals surface area contributed by atoms with Crippen LogP contribution in [0.15, 0.2) is 77.5 Å². The van der Waals surface area contributed by atoms with Gasteiger partial charge in [-0.2, -0.15) is 0 Å². The molecule has 1 aliphatic heterocycles. The molecular formula is C22H22N2Si. The van der Waals surface area contributed by atoms with E-state index in [1.165, 1.54) is 32.7 Å². The number of rotatable bonds is 2. The van der Waals surface area contributed by atoms with Crippen molar-refractivity contribution < 1.29 is 0 Å². The molecule has 25 heavy (non-hydrogen) atoms. The second kappa shape index (κ2) is 5.71. The van der Waals surface area contributed by atoms with Crippen molar-refractivity contribution in [3.8, 4) is 0 Å². The Bertz CT molecular complexity index is 963. The van der Waals surface area contributed by atoms with Crippen LogP contribution in [0.5, 0.6) is 0 Å². The van der Waals surface area contributed by atoms with Crippen LogP contribution in [0.3, 0.4) is 0 Å². The Morgan fingerprint density at radius 1 is 0.960 bits per heavy atom. The summed E-state index contributed by atoms with van der Waals surface area (Å²) in [5.74, 6) is 0. The van der Waals surface area contributed by atoms with Crippen molar-refractivity contribution in [3.05, 3.63) is 88.7 Å². The summed E-state index contributed by atoms with van der Waals surface area (Å²) in [6.07, 6.45) is 6.14. The van der Waals surface area contributed by atoms with Gasteiger partial charge in [-0.3, -0.25) is 0 Å². The van der Waals surface area contributed by atoms with Crippen LogP contribution in [-0.4, -0.2) is 20.8 Å². The van der Waals surface area contributed by atoms with Gasteiger partial charge in [0, 0.05) is 12.7 Å². The van der Waals surface area contributed by atoms with Gasteiger partial charge in [-0.05, 0) is 56.9 Å².